The monoisotopic (exact) mass is 354 g/mol. The molecule has 1 saturated heterocycles. The van der Waals surface area contributed by atoms with E-state index in [-0.39, 0.29) is 11.8 Å². The molecule has 0 aliphatic carbocycles. The lowest BCUT2D eigenvalue weighted by Crippen LogP contribution is -2.44. The number of pyridine rings is 1. The Kier molecular flexibility index (Phi) is 7.16. The molecule has 1 aromatic rings. The molecule has 136 valence electrons. The van der Waals surface area contributed by atoms with Crippen molar-refractivity contribution in [1.29, 1.82) is 0 Å². The molecular formula is C17H30N4O2S. The van der Waals surface area contributed by atoms with Crippen molar-refractivity contribution < 1.29 is 8.42 Å². The maximum atomic E-state index is 12.3. The van der Waals surface area contributed by atoms with Gasteiger partial charge in [0, 0.05) is 44.3 Å². The van der Waals surface area contributed by atoms with Crippen LogP contribution in [0.25, 0.3) is 0 Å². The van der Waals surface area contributed by atoms with Gasteiger partial charge in [-0.25, -0.2) is 13.1 Å². The highest BCUT2D eigenvalue weighted by molar-refractivity contribution is 7.89. The van der Waals surface area contributed by atoms with Crippen molar-refractivity contribution >= 4 is 10.0 Å². The van der Waals surface area contributed by atoms with Gasteiger partial charge in [0.05, 0.1) is 11.4 Å². The van der Waals surface area contributed by atoms with Gasteiger partial charge in [-0.15, -0.1) is 0 Å². The number of sulfonamides is 1. The van der Waals surface area contributed by atoms with Gasteiger partial charge < -0.3 is 4.90 Å². The lowest BCUT2D eigenvalue weighted by molar-refractivity contribution is 0.282. The summed E-state index contributed by atoms with van der Waals surface area (Å²) in [6.07, 6.45) is 3.39. The zero-order chi connectivity index (χ0) is 17.6. The van der Waals surface area contributed by atoms with Gasteiger partial charge in [0.15, 0.2) is 0 Å². The molecule has 2 rings (SSSR count). The molecule has 1 aromatic heterocycles. The Labute approximate surface area is 146 Å². The van der Waals surface area contributed by atoms with Gasteiger partial charge in [-0.3, -0.25) is 9.88 Å². The summed E-state index contributed by atoms with van der Waals surface area (Å²) in [7, 11) is 0.861. The predicted octanol–water partition coefficient (Wildman–Crippen LogP) is 1.16. The minimum atomic E-state index is -3.20. The van der Waals surface area contributed by atoms with Gasteiger partial charge in [0.1, 0.15) is 0 Å². The summed E-state index contributed by atoms with van der Waals surface area (Å²) < 4.78 is 27.5. The van der Waals surface area contributed by atoms with E-state index in [1.54, 1.807) is 6.20 Å². The molecule has 1 aliphatic heterocycles. The summed E-state index contributed by atoms with van der Waals surface area (Å²) in [4.78, 5) is 8.80. The summed E-state index contributed by atoms with van der Waals surface area (Å²) in [6.45, 7) is 5.27. The average molecular weight is 355 g/mol. The average Bonchev–Trinajstić information content (AvgIpc) is 2.86. The Hall–Kier alpha value is -1.02. The molecule has 0 radical (unpaired) electrons. The first-order valence-electron chi connectivity index (χ1n) is 8.66. The quantitative estimate of drug-likeness (QED) is 0.721. The third-order valence-electron chi connectivity index (χ3n) is 4.33. The minimum Gasteiger partial charge on any atom is -0.309 e. The van der Waals surface area contributed by atoms with Crippen LogP contribution >= 0.6 is 0 Å². The van der Waals surface area contributed by atoms with Crippen LogP contribution in [0.15, 0.2) is 24.4 Å². The van der Waals surface area contributed by atoms with E-state index in [2.05, 4.69) is 19.5 Å². The third kappa shape index (κ3) is 6.12. The lowest BCUT2D eigenvalue weighted by Gasteiger charge is -2.22. The van der Waals surface area contributed by atoms with E-state index in [1.165, 1.54) is 0 Å². The topological polar surface area (TPSA) is 65.5 Å². The Morgan fingerprint density at radius 1 is 1.33 bits per heavy atom. The van der Waals surface area contributed by atoms with Crippen LogP contribution in [-0.2, 0) is 16.6 Å². The Morgan fingerprint density at radius 2 is 2.12 bits per heavy atom. The van der Waals surface area contributed by atoms with E-state index in [0.717, 1.165) is 38.3 Å². The van der Waals surface area contributed by atoms with Gasteiger partial charge in [0.25, 0.3) is 0 Å². The number of nitrogens with zero attached hydrogens (tertiary/aromatic N) is 3. The fourth-order valence-electron chi connectivity index (χ4n) is 3.22. The fourth-order valence-corrected chi connectivity index (χ4v) is 4.74. The van der Waals surface area contributed by atoms with Crippen LogP contribution in [0, 0.1) is 5.92 Å². The van der Waals surface area contributed by atoms with Crippen molar-refractivity contribution in [2.45, 2.75) is 32.4 Å². The van der Waals surface area contributed by atoms with E-state index in [0.29, 0.717) is 12.3 Å². The number of likely N-dealkylation sites (tertiary alicyclic amines) is 1. The highest BCUT2D eigenvalue weighted by Crippen LogP contribution is 2.20. The minimum absolute atomic E-state index is 0.0297. The fraction of sp³-hybridized carbons (Fsp3) is 0.706. The first-order valence-corrected chi connectivity index (χ1v) is 10.3. The second-order valence-corrected chi connectivity index (χ2v) is 8.81. The predicted molar refractivity (Wildman–Crippen MR) is 97.2 cm³/mol. The zero-order valence-electron chi connectivity index (χ0n) is 15.0. The van der Waals surface area contributed by atoms with Crippen LogP contribution in [0.4, 0.5) is 0 Å². The zero-order valence-corrected chi connectivity index (χ0v) is 15.8. The molecule has 24 heavy (non-hydrogen) atoms. The second-order valence-electron chi connectivity index (χ2n) is 6.93. The Balaban J connectivity index is 2.01. The van der Waals surface area contributed by atoms with Crippen molar-refractivity contribution in [3.05, 3.63) is 30.1 Å². The molecule has 1 N–H and O–H groups in total. The van der Waals surface area contributed by atoms with Crippen molar-refractivity contribution in [3.63, 3.8) is 0 Å². The summed E-state index contributed by atoms with van der Waals surface area (Å²) in [5.74, 6) is 0.509. The van der Waals surface area contributed by atoms with Crippen molar-refractivity contribution in [1.82, 2.24) is 19.5 Å². The number of nitrogens with one attached hydrogen (secondary N) is 1. The van der Waals surface area contributed by atoms with Gasteiger partial charge >= 0.3 is 0 Å². The van der Waals surface area contributed by atoms with Crippen LogP contribution in [-0.4, -0.2) is 68.7 Å². The smallest absolute Gasteiger partial charge is 0.211 e. The van der Waals surface area contributed by atoms with Gasteiger partial charge in [0.2, 0.25) is 10.0 Å². The van der Waals surface area contributed by atoms with E-state index < -0.39 is 10.0 Å². The molecule has 0 saturated carbocycles. The van der Waals surface area contributed by atoms with Gasteiger partial charge in [-0.2, -0.15) is 0 Å². The van der Waals surface area contributed by atoms with E-state index in [9.17, 15) is 8.42 Å². The molecule has 2 atom stereocenters. The molecule has 6 nitrogen and oxygen atoms in total. The largest absolute Gasteiger partial charge is 0.309 e. The summed E-state index contributed by atoms with van der Waals surface area (Å²) in [6, 6.07) is 5.88. The Morgan fingerprint density at radius 3 is 2.75 bits per heavy atom. The first kappa shape index (κ1) is 19.3. The first-order chi connectivity index (χ1) is 11.4. The van der Waals surface area contributed by atoms with Gasteiger partial charge in [-0.1, -0.05) is 19.4 Å². The van der Waals surface area contributed by atoms with Gasteiger partial charge in [-0.05, 0) is 32.6 Å². The molecule has 0 spiro atoms. The van der Waals surface area contributed by atoms with Crippen LogP contribution < -0.4 is 4.72 Å². The number of hydrogen-bond donors (Lipinski definition) is 1. The molecule has 7 heteroatoms. The third-order valence-corrected chi connectivity index (χ3v) is 5.81. The standard InChI is InChI=1S/C17H30N4O2S/c1-4-5-10-24(22,23)19-17-14-21(12-15(17)11-20(2)3)13-16-8-6-7-9-18-16/h6-9,15,17,19H,4-5,10-14H2,1-3H3/t15-,17-/m1/s1. The Bertz CT molecular complexity index is 592. The van der Waals surface area contributed by atoms with Crippen molar-refractivity contribution in [3.8, 4) is 0 Å². The normalized spacial score (nSPS) is 22.3. The van der Waals surface area contributed by atoms with Crippen LogP contribution in [0.3, 0.4) is 0 Å². The molecule has 0 unspecified atom stereocenters. The van der Waals surface area contributed by atoms with Crippen molar-refractivity contribution in [2.24, 2.45) is 5.92 Å². The van der Waals surface area contributed by atoms with E-state index in [4.69, 9.17) is 0 Å². The van der Waals surface area contributed by atoms with Crippen LogP contribution in [0.1, 0.15) is 25.5 Å². The number of rotatable bonds is 9. The van der Waals surface area contributed by atoms with Crippen LogP contribution in [0.5, 0.6) is 0 Å². The maximum Gasteiger partial charge on any atom is 0.211 e. The summed E-state index contributed by atoms with van der Waals surface area (Å²) in [5.41, 5.74) is 1.02. The molecule has 0 aromatic carbocycles. The summed E-state index contributed by atoms with van der Waals surface area (Å²) in [5, 5.41) is 0. The van der Waals surface area contributed by atoms with E-state index >= 15 is 0 Å². The molecule has 0 amide bonds. The lowest BCUT2D eigenvalue weighted by atomic mass is 10.0. The number of aromatic nitrogens is 1. The highest BCUT2D eigenvalue weighted by atomic mass is 32.2. The van der Waals surface area contributed by atoms with Crippen LogP contribution in [0.2, 0.25) is 0 Å². The van der Waals surface area contributed by atoms with E-state index in [1.807, 2.05) is 39.2 Å². The second kappa shape index (κ2) is 8.89. The molecule has 0 bridgehead atoms. The highest BCUT2D eigenvalue weighted by Gasteiger charge is 2.35. The molecular weight excluding hydrogens is 324 g/mol. The maximum absolute atomic E-state index is 12.3. The summed E-state index contributed by atoms with van der Waals surface area (Å²) >= 11 is 0. The molecule has 1 fully saturated rings. The SMILES string of the molecule is CCCCS(=O)(=O)N[C@@H]1CN(Cc2ccccn2)C[C@H]1CN(C)C. The van der Waals surface area contributed by atoms with Crippen molar-refractivity contribution in [2.75, 3.05) is 39.5 Å². The number of unbranched alkanes of at least 4 members (excludes halogenated alkanes) is 1. The molecule has 2 heterocycles. The molecule has 1 aliphatic rings. The number of hydrogen-bond acceptors (Lipinski definition) is 5.